The number of hydrogen-bond donors (Lipinski definition) is 0. The lowest BCUT2D eigenvalue weighted by Gasteiger charge is -2.05. The van der Waals surface area contributed by atoms with Crippen LogP contribution in [0, 0.1) is 10.1 Å². The number of rotatable bonds is 7. The Labute approximate surface area is 115 Å². The maximum Gasteiger partial charge on any atom is 0.338 e. The molecule has 104 valence electrons. The summed E-state index contributed by atoms with van der Waals surface area (Å²) in [5, 5.41) is 10.7. The molecule has 0 aliphatic heterocycles. The Bertz CT molecular complexity index is 463. The van der Waals surface area contributed by atoms with Gasteiger partial charge in [0.15, 0.2) is 0 Å². The zero-order chi connectivity index (χ0) is 14.3. The van der Waals surface area contributed by atoms with Crippen molar-refractivity contribution in [3.05, 3.63) is 38.9 Å². The summed E-state index contributed by atoms with van der Waals surface area (Å²) in [4.78, 5) is 21.6. The lowest BCUT2D eigenvalue weighted by Crippen LogP contribution is -2.11. The highest BCUT2D eigenvalue weighted by atomic mass is 35.5. The average molecular weight is 288 g/mol. The van der Waals surface area contributed by atoms with E-state index in [2.05, 4.69) is 0 Å². The van der Waals surface area contributed by atoms with Crippen molar-refractivity contribution >= 4 is 23.3 Å². The van der Waals surface area contributed by atoms with Gasteiger partial charge in [-0.2, -0.15) is 0 Å². The van der Waals surface area contributed by atoms with Crippen molar-refractivity contribution < 1.29 is 19.2 Å². The molecule has 0 bridgehead atoms. The van der Waals surface area contributed by atoms with E-state index in [4.69, 9.17) is 21.1 Å². The quantitative estimate of drug-likeness (QED) is 0.333. The van der Waals surface area contributed by atoms with Crippen LogP contribution in [0.15, 0.2) is 18.2 Å². The van der Waals surface area contributed by atoms with E-state index >= 15 is 0 Å². The van der Waals surface area contributed by atoms with Crippen molar-refractivity contribution in [1.82, 2.24) is 0 Å². The molecule has 1 aromatic rings. The minimum atomic E-state index is -0.649. The predicted molar refractivity (Wildman–Crippen MR) is 69.5 cm³/mol. The molecule has 0 radical (unpaired) electrons. The van der Waals surface area contributed by atoms with Gasteiger partial charge in [0.1, 0.15) is 11.6 Å². The molecule has 0 aliphatic carbocycles. The van der Waals surface area contributed by atoms with Gasteiger partial charge in [0.05, 0.1) is 17.1 Å². The molecule has 0 amide bonds. The summed E-state index contributed by atoms with van der Waals surface area (Å²) in [6.45, 7) is 2.98. The summed E-state index contributed by atoms with van der Waals surface area (Å²) in [7, 11) is 0. The maximum absolute atomic E-state index is 11.6. The summed E-state index contributed by atoms with van der Waals surface area (Å²) in [5.41, 5.74) is -0.232. The number of carbonyl (C=O) groups is 1. The third-order valence-corrected chi connectivity index (χ3v) is 2.51. The smallest absolute Gasteiger partial charge is 0.338 e. The van der Waals surface area contributed by atoms with Crippen LogP contribution in [0.2, 0.25) is 5.02 Å². The van der Waals surface area contributed by atoms with Gasteiger partial charge in [-0.05, 0) is 18.6 Å². The fourth-order valence-electron chi connectivity index (χ4n) is 1.30. The SMILES string of the molecule is CCCOCCOC(=O)c1ccc(Cl)c([N+](=O)[O-])c1. The molecule has 0 heterocycles. The number of ether oxygens (including phenoxy) is 2. The Morgan fingerprint density at radius 1 is 1.37 bits per heavy atom. The molecule has 6 nitrogen and oxygen atoms in total. The van der Waals surface area contributed by atoms with E-state index in [0.29, 0.717) is 13.2 Å². The number of halogens is 1. The molecule has 0 saturated heterocycles. The Morgan fingerprint density at radius 3 is 2.74 bits per heavy atom. The summed E-state index contributed by atoms with van der Waals surface area (Å²) in [6, 6.07) is 3.77. The van der Waals surface area contributed by atoms with Gasteiger partial charge >= 0.3 is 5.97 Å². The van der Waals surface area contributed by atoms with Crippen LogP contribution >= 0.6 is 11.6 Å². The van der Waals surface area contributed by atoms with E-state index < -0.39 is 10.9 Å². The maximum atomic E-state index is 11.6. The Morgan fingerprint density at radius 2 is 2.11 bits per heavy atom. The van der Waals surface area contributed by atoms with Crippen LogP contribution in [0.3, 0.4) is 0 Å². The minimum absolute atomic E-state index is 0.0205. The van der Waals surface area contributed by atoms with E-state index in [1.807, 2.05) is 6.92 Å². The largest absolute Gasteiger partial charge is 0.460 e. The van der Waals surface area contributed by atoms with Crippen LogP contribution in [0.1, 0.15) is 23.7 Å². The Hall–Kier alpha value is -1.66. The van der Waals surface area contributed by atoms with Crippen molar-refractivity contribution in [2.45, 2.75) is 13.3 Å². The number of nitrogens with zero attached hydrogens (tertiary/aromatic N) is 1. The molecule has 0 spiro atoms. The highest BCUT2D eigenvalue weighted by Gasteiger charge is 2.16. The van der Waals surface area contributed by atoms with Crippen LogP contribution < -0.4 is 0 Å². The molecule has 0 unspecified atom stereocenters. The number of esters is 1. The molecule has 7 heteroatoms. The number of nitro benzene ring substituents is 1. The van der Waals surface area contributed by atoms with Crippen molar-refractivity contribution in [1.29, 1.82) is 0 Å². The first-order valence-corrected chi connectivity index (χ1v) is 6.13. The third-order valence-electron chi connectivity index (χ3n) is 2.19. The summed E-state index contributed by atoms with van der Waals surface area (Å²) >= 11 is 5.64. The number of carbonyl (C=O) groups excluding carboxylic acids is 1. The molecule has 0 aromatic heterocycles. The second-order valence-corrected chi connectivity index (χ2v) is 4.08. The van der Waals surface area contributed by atoms with Gasteiger partial charge < -0.3 is 9.47 Å². The lowest BCUT2D eigenvalue weighted by molar-refractivity contribution is -0.384. The van der Waals surface area contributed by atoms with Crippen LogP contribution in [-0.2, 0) is 9.47 Å². The van der Waals surface area contributed by atoms with Crippen LogP contribution in [0.4, 0.5) is 5.69 Å². The van der Waals surface area contributed by atoms with E-state index in [1.165, 1.54) is 12.1 Å². The first-order chi connectivity index (χ1) is 9.06. The van der Waals surface area contributed by atoms with Gasteiger partial charge in [-0.25, -0.2) is 4.79 Å². The lowest BCUT2D eigenvalue weighted by atomic mass is 10.2. The second kappa shape index (κ2) is 7.70. The fraction of sp³-hybridized carbons (Fsp3) is 0.417. The van der Waals surface area contributed by atoms with Crippen LogP contribution in [-0.4, -0.2) is 30.7 Å². The zero-order valence-electron chi connectivity index (χ0n) is 10.4. The molecule has 0 saturated carbocycles. The molecule has 19 heavy (non-hydrogen) atoms. The topological polar surface area (TPSA) is 78.7 Å². The van der Waals surface area contributed by atoms with Crippen molar-refractivity contribution in [3.8, 4) is 0 Å². The monoisotopic (exact) mass is 287 g/mol. The van der Waals surface area contributed by atoms with Crippen molar-refractivity contribution in [2.24, 2.45) is 0 Å². The minimum Gasteiger partial charge on any atom is -0.460 e. The van der Waals surface area contributed by atoms with E-state index in [1.54, 1.807) is 0 Å². The van der Waals surface area contributed by atoms with E-state index in [-0.39, 0.29) is 22.9 Å². The highest BCUT2D eigenvalue weighted by molar-refractivity contribution is 6.32. The molecule has 0 N–H and O–H groups in total. The van der Waals surface area contributed by atoms with Crippen LogP contribution in [0.5, 0.6) is 0 Å². The molecule has 0 fully saturated rings. The van der Waals surface area contributed by atoms with E-state index in [0.717, 1.165) is 12.5 Å². The zero-order valence-corrected chi connectivity index (χ0v) is 11.2. The first kappa shape index (κ1) is 15.4. The summed E-state index contributed by atoms with van der Waals surface area (Å²) < 4.78 is 10.1. The Balaban J connectivity index is 2.57. The van der Waals surface area contributed by atoms with Gasteiger partial charge in [-0.1, -0.05) is 18.5 Å². The summed E-state index contributed by atoms with van der Waals surface area (Å²) in [6.07, 6.45) is 0.886. The van der Waals surface area contributed by atoms with E-state index in [9.17, 15) is 14.9 Å². The summed E-state index contributed by atoms with van der Waals surface area (Å²) in [5.74, 6) is -0.639. The van der Waals surface area contributed by atoms with Crippen LogP contribution in [0.25, 0.3) is 0 Å². The number of nitro groups is 1. The molecule has 0 aliphatic rings. The molecular formula is C12H14ClNO5. The number of hydrogen-bond acceptors (Lipinski definition) is 5. The average Bonchev–Trinajstić information content (AvgIpc) is 2.38. The number of benzene rings is 1. The Kier molecular flexibility index (Phi) is 6.24. The normalized spacial score (nSPS) is 10.2. The van der Waals surface area contributed by atoms with Gasteiger partial charge in [0.2, 0.25) is 0 Å². The third kappa shape index (κ3) is 4.84. The van der Waals surface area contributed by atoms with Crippen molar-refractivity contribution in [2.75, 3.05) is 19.8 Å². The fourth-order valence-corrected chi connectivity index (χ4v) is 1.49. The van der Waals surface area contributed by atoms with Gasteiger partial charge in [0, 0.05) is 12.7 Å². The van der Waals surface area contributed by atoms with Crippen molar-refractivity contribution in [3.63, 3.8) is 0 Å². The highest BCUT2D eigenvalue weighted by Crippen LogP contribution is 2.25. The van der Waals surface area contributed by atoms with Gasteiger partial charge in [-0.3, -0.25) is 10.1 Å². The molecular weight excluding hydrogens is 274 g/mol. The van der Waals surface area contributed by atoms with Gasteiger partial charge in [-0.15, -0.1) is 0 Å². The molecule has 0 atom stereocenters. The van der Waals surface area contributed by atoms with Gasteiger partial charge in [0.25, 0.3) is 5.69 Å². The predicted octanol–water partition coefficient (Wildman–Crippen LogP) is 2.83. The molecule has 1 rings (SSSR count). The second-order valence-electron chi connectivity index (χ2n) is 3.67. The standard InChI is InChI=1S/C12H14ClNO5/c1-2-5-18-6-7-19-12(15)9-3-4-10(13)11(8-9)14(16)17/h3-4,8H,2,5-7H2,1H3. The first-order valence-electron chi connectivity index (χ1n) is 5.75. The molecule has 1 aromatic carbocycles.